The summed E-state index contributed by atoms with van der Waals surface area (Å²) in [6.07, 6.45) is 3.39. The maximum absolute atomic E-state index is 13.1. The molecule has 9 heteroatoms. The number of nitrogens with zero attached hydrogens (tertiary/aromatic N) is 2. The number of hydrogen-bond acceptors (Lipinski definition) is 6. The Hall–Kier alpha value is -2.07. The van der Waals surface area contributed by atoms with E-state index in [2.05, 4.69) is 33.8 Å². The SMILES string of the molecule is CC(C)C1CC(Nc2cccc(S(=O)(=O)NC3CCN(Cc4ccc(F)cc4)CC3)n2)CCO1. The molecule has 2 aliphatic heterocycles. The van der Waals surface area contributed by atoms with Crippen molar-refractivity contribution < 1.29 is 17.5 Å². The lowest BCUT2D eigenvalue weighted by atomic mass is 9.95. The smallest absolute Gasteiger partial charge is 0.258 e. The number of benzene rings is 1. The van der Waals surface area contributed by atoms with Crippen LogP contribution in [-0.4, -0.2) is 56.2 Å². The largest absolute Gasteiger partial charge is 0.378 e. The highest BCUT2D eigenvalue weighted by molar-refractivity contribution is 7.89. The third-order valence-electron chi connectivity index (χ3n) is 6.64. The van der Waals surface area contributed by atoms with Crippen LogP contribution in [0.15, 0.2) is 47.5 Å². The molecule has 34 heavy (non-hydrogen) atoms. The van der Waals surface area contributed by atoms with Gasteiger partial charge in [-0.1, -0.05) is 32.0 Å². The van der Waals surface area contributed by atoms with E-state index in [0.717, 1.165) is 50.9 Å². The average molecular weight is 491 g/mol. The zero-order valence-electron chi connectivity index (χ0n) is 19.9. The minimum atomic E-state index is -3.71. The second-order valence-electron chi connectivity index (χ2n) is 9.68. The van der Waals surface area contributed by atoms with E-state index in [0.29, 0.717) is 18.3 Å². The minimum Gasteiger partial charge on any atom is -0.378 e. The van der Waals surface area contributed by atoms with Gasteiger partial charge in [0, 0.05) is 38.3 Å². The molecule has 2 saturated heterocycles. The predicted octanol–water partition coefficient (Wildman–Crippen LogP) is 3.78. The van der Waals surface area contributed by atoms with Crippen molar-refractivity contribution in [2.45, 2.75) is 69.3 Å². The normalized spacial score (nSPS) is 22.7. The van der Waals surface area contributed by atoms with Crippen LogP contribution < -0.4 is 10.0 Å². The molecule has 4 rings (SSSR count). The summed E-state index contributed by atoms with van der Waals surface area (Å²) in [4.78, 5) is 6.67. The van der Waals surface area contributed by atoms with Gasteiger partial charge < -0.3 is 10.1 Å². The molecule has 0 spiro atoms. The molecule has 0 saturated carbocycles. The first-order chi connectivity index (χ1) is 16.3. The lowest BCUT2D eigenvalue weighted by Gasteiger charge is -2.33. The Morgan fingerprint density at radius 1 is 1.09 bits per heavy atom. The molecule has 2 atom stereocenters. The maximum Gasteiger partial charge on any atom is 0.258 e. The fourth-order valence-corrected chi connectivity index (χ4v) is 5.89. The first kappa shape index (κ1) is 25.0. The van der Waals surface area contributed by atoms with Crippen LogP contribution in [0.3, 0.4) is 0 Å². The topological polar surface area (TPSA) is 83.6 Å². The number of anilines is 1. The van der Waals surface area contributed by atoms with Crippen LogP contribution in [0.2, 0.25) is 0 Å². The summed E-state index contributed by atoms with van der Waals surface area (Å²) in [6, 6.07) is 11.7. The van der Waals surface area contributed by atoms with E-state index in [1.165, 1.54) is 18.2 Å². The van der Waals surface area contributed by atoms with Crippen molar-refractivity contribution in [3.05, 3.63) is 53.8 Å². The van der Waals surface area contributed by atoms with Crippen LogP contribution in [0, 0.1) is 11.7 Å². The fourth-order valence-electron chi connectivity index (χ4n) is 4.61. The van der Waals surface area contributed by atoms with Crippen LogP contribution in [0.4, 0.5) is 10.2 Å². The van der Waals surface area contributed by atoms with Gasteiger partial charge in [0.1, 0.15) is 11.6 Å². The standard InChI is InChI=1S/C25H35FN4O3S/c1-18(2)23-16-22(12-15-33-23)27-24-4-3-5-25(28-24)34(31,32)29-21-10-13-30(14-11-21)17-19-6-8-20(26)9-7-19/h3-9,18,21-23,29H,10-17H2,1-2H3,(H,27,28). The van der Waals surface area contributed by atoms with Crippen molar-refractivity contribution in [1.29, 1.82) is 0 Å². The molecule has 1 aromatic heterocycles. The lowest BCUT2D eigenvalue weighted by molar-refractivity contribution is -0.0161. The molecular formula is C25H35FN4O3S. The molecule has 2 aliphatic rings. The van der Waals surface area contributed by atoms with E-state index >= 15 is 0 Å². The number of pyridine rings is 1. The van der Waals surface area contributed by atoms with Gasteiger partial charge in [0.2, 0.25) is 0 Å². The summed E-state index contributed by atoms with van der Waals surface area (Å²) < 4.78 is 47.8. The van der Waals surface area contributed by atoms with Gasteiger partial charge in [-0.2, -0.15) is 0 Å². The number of nitrogens with one attached hydrogen (secondary N) is 2. The first-order valence-electron chi connectivity index (χ1n) is 12.1. The van der Waals surface area contributed by atoms with Crippen molar-refractivity contribution >= 4 is 15.8 Å². The summed E-state index contributed by atoms with van der Waals surface area (Å²) in [5.41, 5.74) is 1.05. The molecule has 0 amide bonds. The summed E-state index contributed by atoms with van der Waals surface area (Å²) >= 11 is 0. The summed E-state index contributed by atoms with van der Waals surface area (Å²) in [5, 5.41) is 3.44. The van der Waals surface area contributed by atoms with Crippen LogP contribution >= 0.6 is 0 Å². The minimum absolute atomic E-state index is 0.0405. The van der Waals surface area contributed by atoms with Gasteiger partial charge in [-0.15, -0.1) is 0 Å². The monoisotopic (exact) mass is 490 g/mol. The molecule has 2 aromatic rings. The first-order valence-corrected chi connectivity index (χ1v) is 13.6. The van der Waals surface area contributed by atoms with Crippen molar-refractivity contribution in [3.63, 3.8) is 0 Å². The fraction of sp³-hybridized carbons (Fsp3) is 0.560. The van der Waals surface area contributed by atoms with Crippen LogP contribution in [-0.2, 0) is 21.3 Å². The highest BCUT2D eigenvalue weighted by Gasteiger charge is 2.27. The molecule has 186 valence electrons. The Balaban J connectivity index is 1.31. The molecular weight excluding hydrogens is 455 g/mol. The third kappa shape index (κ3) is 6.75. The van der Waals surface area contributed by atoms with Gasteiger partial charge in [-0.3, -0.25) is 4.90 Å². The molecule has 3 heterocycles. The highest BCUT2D eigenvalue weighted by atomic mass is 32.2. The van der Waals surface area contributed by atoms with Crippen LogP contribution in [0.25, 0.3) is 0 Å². The van der Waals surface area contributed by atoms with E-state index in [1.807, 2.05) is 6.07 Å². The zero-order valence-corrected chi connectivity index (χ0v) is 20.7. The van der Waals surface area contributed by atoms with E-state index in [9.17, 15) is 12.8 Å². The Labute approximate surface area is 202 Å². The number of ether oxygens (including phenoxy) is 1. The molecule has 0 bridgehead atoms. The molecule has 2 unspecified atom stereocenters. The number of likely N-dealkylation sites (tertiary alicyclic amines) is 1. The van der Waals surface area contributed by atoms with Crippen molar-refractivity contribution in [1.82, 2.24) is 14.6 Å². The van der Waals surface area contributed by atoms with E-state index < -0.39 is 10.0 Å². The molecule has 0 aliphatic carbocycles. The highest BCUT2D eigenvalue weighted by Crippen LogP contribution is 2.23. The Morgan fingerprint density at radius 2 is 1.82 bits per heavy atom. The Kier molecular flexibility index (Phi) is 8.18. The predicted molar refractivity (Wildman–Crippen MR) is 130 cm³/mol. The van der Waals surface area contributed by atoms with E-state index in [-0.39, 0.29) is 29.0 Å². The number of rotatable bonds is 8. The lowest BCUT2D eigenvalue weighted by Crippen LogP contribution is -2.44. The molecule has 2 N–H and O–H groups in total. The number of halogens is 1. The van der Waals surface area contributed by atoms with Gasteiger partial charge in [0.25, 0.3) is 10.0 Å². The van der Waals surface area contributed by atoms with Gasteiger partial charge in [0.05, 0.1) is 6.10 Å². The zero-order chi connectivity index (χ0) is 24.1. The summed E-state index contributed by atoms with van der Waals surface area (Å²) in [7, 11) is -3.71. The van der Waals surface area contributed by atoms with Gasteiger partial charge in [-0.25, -0.2) is 22.5 Å². The number of aromatic nitrogens is 1. The van der Waals surface area contributed by atoms with Crippen molar-refractivity contribution in [3.8, 4) is 0 Å². The van der Waals surface area contributed by atoms with E-state index in [1.54, 1.807) is 18.2 Å². The van der Waals surface area contributed by atoms with Crippen molar-refractivity contribution in [2.24, 2.45) is 5.92 Å². The van der Waals surface area contributed by atoms with Gasteiger partial charge in [-0.05, 0) is 61.4 Å². The van der Waals surface area contributed by atoms with Crippen LogP contribution in [0.5, 0.6) is 0 Å². The summed E-state index contributed by atoms with van der Waals surface area (Å²) in [6.45, 7) is 7.29. The molecule has 0 radical (unpaired) electrons. The van der Waals surface area contributed by atoms with Crippen LogP contribution in [0.1, 0.15) is 45.1 Å². The Morgan fingerprint density at radius 3 is 2.53 bits per heavy atom. The van der Waals surface area contributed by atoms with Gasteiger partial charge in [0.15, 0.2) is 5.03 Å². The number of piperidine rings is 1. The third-order valence-corrected chi connectivity index (χ3v) is 8.06. The number of hydrogen-bond donors (Lipinski definition) is 2. The molecule has 2 fully saturated rings. The van der Waals surface area contributed by atoms with E-state index in [4.69, 9.17) is 4.74 Å². The second kappa shape index (κ2) is 11.1. The molecule has 1 aromatic carbocycles. The number of sulfonamides is 1. The van der Waals surface area contributed by atoms with Gasteiger partial charge >= 0.3 is 0 Å². The maximum atomic E-state index is 13.1. The summed E-state index contributed by atoms with van der Waals surface area (Å²) in [5.74, 6) is 0.777. The van der Waals surface area contributed by atoms with Crippen molar-refractivity contribution in [2.75, 3.05) is 25.0 Å². The quantitative estimate of drug-likeness (QED) is 0.586. The Bertz CT molecular complexity index is 1040. The second-order valence-corrected chi connectivity index (χ2v) is 11.3. The molecule has 7 nitrogen and oxygen atoms in total. The average Bonchev–Trinajstić information content (AvgIpc) is 2.82.